The van der Waals surface area contributed by atoms with Gasteiger partial charge in [-0.15, -0.1) is 0 Å². The summed E-state index contributed by atoms with van der Waals surface area (Å²) in [6.45, 7) is 9.52. The quantitative estimate of drug-likeness (QED) is 0.692. The highest BCUT2D eigenvalue weighted by atomic mass is 16.1. The van der Waals surface area contributed by atoms with Gasteiger partial charge in [-0.25, -0.2) is 0 Å². The van der Waals surface area contributed by atoms with Crippen LogP contribution >= 0.6 is 0 Å². The lowest BCUT2D eigenvalue weighted by molar-refractivity contribution is 0.0940. The van der Waals surface area contributed by atoms with Crippen LogP contribution in [0.25, 0.3) is 10.9 Å². The van der Waals surface area contributed by atoms with Gasteiger partial charge < -0.3 is 9.88 Å². The molecule has 130 valence electrons. The number of carbonyl (C=O) groups is 1. The van der Waals surface area contributed by atoms with Crippen molar-refractivity contribution in [2.24, 2.45) is 5.92 Å². The Kier molecular flexibility index (Phi) is 4.93. The molecule has 0 aliphatic heterocycles. The standard InChI is InChI=1S/C22H26N2O/c1-15(2)14-24-16(3)12-19-10-11-20(13-21(19)24)22(25)23-17(4)18-8-6-5-7-9-18/h5-13,15,17H,14H2,1-4H3,(H,23,25)/t17-/m0/s1. The molecule has 2 aromatic carbocycles. The number of rotatable bonds is 5. The van der Waals surface area contributed by atoms with Crippen molar-refractivity contribution in [3.63, 3.8) is 0 Å². The molecule has 0 fully saturated rings. The minimum absolute atomic E-state index is 0.0198. The zero-order valence-electron chi connectivity index (χ0n) is 15.4. The van der Waals surface area contributed by atoms with Gasteiger partial charge >= 0.3 is 0 Å². The maximum atomic E-state index is 12.7. The number of aromatic nitrogens is 1. The van der Waals surface area contributed by atoms with Crippen LogP contribution in [0.15, 0.2) is 54.6 Å². The van der Waals surface area contributed by atoms with Crippen LogP contribution in [-0.4, -0.2) is 10.5 Å². The highest BCUT2D eigenvalue weighted by Crippen LogP contribution is 2.23. The van der Waals surface area contributed by atoms with E-state index in [4.69, 9.17) is 0 Å². The first kappa shape index (κ1) is 17.3. The summed E-state index contributed by atoms with van der Waals surface area (Å²) in [6, 6.07) is 18.2. The second kappa shape index (κ2) is 7.14. The second-order valence-corrected chi connectivity index (χ2v) is 7.17. The average Bonchev–Trinajstić information content (AvgIpc) is 2.90. The molecule has 0 spiro atoms. The third-order valence-electron chi connectivity index (χ3n) is 4.57. The molecule has 0 unspecified atom stereocenters. The summed E-state index contributed by atoms with van der Waals surface area (Å²) in [5.41, 5.74) is 4.18. The molecule has 1 aromatic heterocycles. The van der Waals surface area contributed by atoms with Gasteiger partial charge in [-0.1, -0.05) is 50.2 Å². The Morgan fingerprint density at radius 3 is 2.44 bits per heavy atom. The van der Waals surface area contributed by atoms with E-state index in [0.29, 0.717) is 11.5 Å². The Labute approximate surface area is 149 Å². The third-order valence-corrected chi connectivity index (χ3v) is 4.57. The number of amides is 1. The van der Waals surface area contributed by atoms with Crippen LogP contribution in [0.5, 0.6) is 0 Å². The van der Waals surface area contributed by atoms with Gasteiger partial charge in [0.05, 0.1) is 6.04 Å². The van der Waals surface area contributed by atoms with Crippen molar-refractivity contribution in [3.8, 4) is 0 Å². The molecule has 3 rings (SSSR count). The van der Waals surface area contributed by atoms with Crippen molar-refractivity contribution >= 4 is 16.8 Å². The fourth-order valence-corrected chi connectivity index (χ4v) is 3.25. The lowest BCUT2D eigenvalue weighted by Crippen LogP contribution is -2.26. The van der Waals surface area contributed by atoms with E-state index in [1.165, 1.54) is 11.1 Å². The maximum Gasteiger partial charge on any atom is 0.251 e. The molecule has 1 atom stereocenters. The largest absolute Gasteiger partial charge is 0.346 e. The highest BCUT2D eigenvalue weighted by molar-refractivity contribution is 5.98. The average molecular weight is 334 g/mol. The maximum absolute atomic E-state index is 12.7. The van der Waals surface area contributed by atoms with E-state index in [1.54, 1.807) is 0 Å². The van der Waals surface area contributed by atoms with Gasteiger partial charge in [0, 0.05) is 23.3 Å². The molecule has 0 radical (unpaired) electrons. The number of hydrogen-bond donors (Lipinski definition) is 1. The molecule has 0 saturated heterocycles. The summed E-state index contributed by atoms with van der Waals surface area (Å²) in [5.74, 6) is 0.526. The van der Waals surface area contributed by atoms with Gasteiger partial charge in [-0.05, 0) is 48.9 Å². The van der Waals surface area contributed by atoms with Gasteiger partial charge in [0.25, 0.3) is 5.91 Å². The summed E-state index contributed by atoms with van der Waals surface area (Å²) in [5, 5.41) is 4.28. The minimum atomic E-state index is -0.0341. The first-order valence-corrected chi connectivity index (χ1v) is 8.91. The molecule has 25 heavy (non-hydrogen) atoms. The highest BCUT2D eigenvalue weighted by Gasteiger charge is 2.14. The molecule has 3 nitrogen and oxygen atoms in total. The molecule has 0 saturated carbocycles. The Hall–Kier alpha value is -2.55. The van der Waals surface area contributed by atoms with E-state index in [9.17, 15) is 4.79 Å². The van der Waals surface area contributed by atoms with Crippen molar-refractivity contribution in [3.05, 3.63) is 71.4 Å². The number of aryl methyl sites for hydroxylation is 1. The van der Waals surface area contributed by atoms with Crippen molar-refractivity contribution in [2.45, 2.75) is 40.3 Å². The Balaban J connectivity index is 1.86. The number of carbonyl (C=O) groups excluding carboxylic acids is 1. The normalized spacial score (nSPS) is 12.5. The van der Waals surface area contributed by atoms with E-state index in [-0.39, 0.29) is 11.9 Å². The van der Waals surface area contributed by atoms with Crippen LogP contribution in [0.1, 0.15) is 48.4 Å². The molecule has 0 bridgehead atoms. The molecule has 0 aliphatic carbocycles. The number of nitrogens with zero attached hydrogens (tertiary/aromatic N) is 1. The van der Waals surface area contributed by atoms with Crippen molar-refractivity contribution in [2.75, 3.05) is 0 Å². The molecular weight excluding hydrogens is 308 g/mol. The number of benzene rings is 2. The first-order valence-electron chi connectivity index (χ1n) is 8.91. The smallest absolute Gasteiger partial charge is 0.251 e. The SMILES string of the molecule is Cc1cc2ccc(C(=O)N[C@@H](C)c3ccccc3)cc2n1CC(C)C. The molecule has 1 amide bonds. The van der Waals surface area contributed by atoms with Crippen molar-refractivity contribution in [1.29, 1.82) is 0 Å². The molecule has 3 aromatic rings. The Bertz CT molecular complexity index is 878. The van der Waals surface area contributed by atoms with E-state index in [1.807, 2.05) is 55.5 Å². The van der Waals surface area contributed by atoms with Crippen LogP contribution in [0.3, 0.4) is 0 Å². The Morgan fingerprint density at radius 1 is 1.04 bits per heavy atom. The summed E-state index contributed by atoms with van der Waals surface area (Å²) in [6.07, 6.45) is 0. The van der Waals surface area contributed by atoms with Crippen molar-refractivity contribution < 1.29 is 4.79 Å². The van der Waals surface area contributed by atoms with Crippen LogP contribution in [0.2, 0.25) is 0 Å². The van der Waals surface area contributed by atoms with E-state index >= 15 is 0 Å². The lowest BCUT2D eigenvalue weighted by Gasteiger charge is -2.15. The van der Waals surface area contributed by atoms with Crippen LogP contribution < -0.4 is 5.32 Å². The number of fused-ring (bicyclic) bond motifs is 1. The summed E-state index contributed by atoms with van der Waals surface area (Å²) in [7, 11) is 0. The monoisotopic (exact) mass is 334 g/mol. The van der Waals surface area contributed by atoms with Gasteiger partial charge in [0.15, 0.2) is 0 Å². The number of hydrogen-bond acceptors (Lipinski definition) is 1. The minimum Gasteiger partial charge on any atom is -0.346 e. The van der Waals surface area contributed by atoms with Gasteiger partial charge in [0.1, 0.15) is 0 Å². The number of nitrogens with one attached hydrogen (secondary N) is 1. The zero-order chi connectivity index (χ0) is 18.0. The molecule has 0 aliphatic rings. The third kappa shape index (κ3) is 3.76. The van der Waals surface area contributed by atoms with E-state index in [2.05, 4.69) is 36.7 Å². The zero-order valence-corrected chi connectivity index (χ0v) is 15.4. The molecule has 1 N–H and O–H groups in total. The van der Waals surface area contributed by atoms with E-state index < -0.39 is 0 Å². The summed E-state index contributed by atoms with van der Waals surface area (Å²) in [4.78, 5) is 12.7. The fraction of sp³-hybridized carbons (Fsp3) is 0.318. The van der Waals surface area contributed by atoms with E-state index in [0.717, 1.165) is 17.6 Å². The molecule has 1 heterocycles. The van der Waals surface area contributed by atoms with Crippen LogP contribution in [-0.2, 0) is 6.54 Å². The van der Waals surface area contributed by atoms with Crippen molar-refractivity contribution in [1.82, 2.24) is 9.88 Å². The predicted molar refractivity (Wildman–Crippen MR) is 104 cm³/mol. The summed E-state index contributed by atoms with van der Waals surface area (Å²) < 4.78 is 2.30. The molecular formula is C22H26N2O. The lowest BCUT2D eigenvalue weighted by atomic mass is 10.1. The predicted octanol–water partition coefficient (Wildman–Crippen LogP) is 5.10. The van der Waals surface area contributed by atoms with Crippen LogP contribution in [0, 0.1) is 12.8 Å². The second-order valence-electron chi connectivity index (χ2n) is 7.17. The topological polar surface area (TPSA) is 34.0 Å². The van der Waals surface area contributed by atoms with Gasteiger partial charge in [0.2, 0.25) is 0 Å². The Morgan fingerprint density at radius 2 is 1.76 bits per heavy atom. The molecule has 3 heteroatoms. The van der Waals surface area contributed by atoms with Gasteiger partial charge in [-0.3, -0.25) is 4.79 Å². The van der Waals surface area contributed by atoms with Crippen LogP contribution in [0.4, 0.5) is 0 Å². The first-order chi connectivity index (χ1) is 12.0. The van der Waals surface area contributed by atoms with Gasteiger partial charge in [-0.2, -0.15) is 0 Å². The summed E-state index contributed by atoms with van der Waals surface area (Å²) >= 11 is 0. The fourth-order valence-electron chi connectivity index (χ4n) is 3.25.